The first-order valence-corrected chi connectivity index (χ1v) is 6.73. The maximum absolute atomic E-state index is 4.07. The molecular weight excluding hydrogens is 242 g/mol. The molecule has 1 nitrogen and oxygen atoms in total. The number of aromatic nitrogens is 1. The highest BCUT2D eigenvalue weighted by Gasteiger charge is 2.01. The van der Waals surface area contributed by atoms with Crippen molar-refractivity contribution < 1.29 is 0 Å². The first-order valence-electron chi connectivity index (χ1n) is 6.73. The third kappa shape index (κ3) is 1.84. The Morgan fingerprint density at radius 2 is 1.15 bits per heavy atom. The first-order chi connectivity index (χ1) is 9.90. The molecule has 0 unspecified atom stereocenters. The summed E-state index contributed by atoms with van der Waals surface area (Å²) < 4.78 is 0. The van der Waals surface area contributed by atoms with Gasteiger partial charge in [-0.15, -0.1) is 0 Å². The number of pyridine rings is 1. The van der Waals surface area contributed by atoms with E-state index in [9.17, 15) is 0 Å². The van der Waals surface area contributed by atoms with E-state index in [2.05, 4.69) is 59.6 Å². The van der Waals surface area contributed by atoms with Gasteiger partial charge in [0.1, 0.15) is 0 Å². The molecule has 0 fully saturated rings. The standard InChI is InChI=1S/C19H13N/c1-2-4-16-12-19-13-17(14-7-9-20-10-8-14)5-6-18(19)11-15(16)3-1/h1-13H. The number of hydrogen-bond donors (Lipinski definition) is 0. The summed E-state index contributed by atoms with van der Waals surface area (Å²) in [4.78, 5) is 4.07. The molecule has 0 aliphatic rings. The Kier molecular flexibility index (Phi) is 2.49. The smallest absolute Gasteiger partial charge is 0.0273 e. The van der Waals surface area contributed by atoms with Crippen molar-refractivity contribution in [1.82, 2.24) is 4.98 Å². The zero-order valence-electron chi connectivity index (χ0n) is 11.0. The van der Waals surface area contributed by atoms with Crippen molar-refractivity contribution in [3.05, 3.63) is 79.1 Å². The average molecular weight is 255 g/mol. The Morgan fingerprint density at radius 3 is 1.90 bits per heavy atom. The third-order valence-corrected chi connectivity index (χ3v) is 3.72. The fourth-order valence-corrected chi connectivity index (χ4v) is 2.66. The van der Waals surface area contributed by atoms with Crippen LogP contribution in [0.15, 0.2) is 79.1 Å². The summed E-state index contributed by atoms with van der Waals surface area (Å²) in [6, 6.07) is 23.7. The van der Waals surface area contributed by atoms with Crippen LogP contribution in [0.1, 0.15) is 0 Å². The van der Waals surface area contributed by atoms with E-state index < -0.39 is 0 Å². The van der Waals surface area contributed by atoms with Gasteiger partial charge in [0.2, 0.25) is 0 Å². The second kappa shape index (κ2) is 4.46. The number of nitrogens with zero attached hydrogens (tertiary/aromatic N) is 1. The lowest BCUT2D eigenvalue weighted by atomic mass is 9.99. The largest absolute Gasteiger partial charge is 0.265 e. The van der Waals surface area contributed by atoms with E-state index in [0.29, 0.717) is 0 Å². The predicted molar refractivity (Wildman–Crippen MR) is 84.7 cm³/mol. The lowest BCUT2D eigenvalue weighted by molar-refractivity contribution is 1.33. The Bertz CT molecular complexity index is 895. The minimum atomic E-state index is 1.20. The van der Waals surface area contributed by atoms with E-state index in [-0.39, 0.29) is 0 Å². The summed E-state index contributed by atoms with van der Waals surface area (Å²) in [6.07, 6.45) is 3.67. The summed E-state index contributed by atoms with van der Waals surface area (Å²) in [6.45, 7) is 0. The van der Waals surface area contributed by atoms with Crippen LogP contribution >= 0.6 is 0 Å². The summed E-state index contributed by atoms with van der Waals surface area (Å²) in [7, 11) is 0. The number of rotatable bonds is 1. The maximum atomic E-state index is 4.07. The van der Waals surface area contributed by atoms with Crippen LogP contribution in [0.4, 0.5) is 0 Å². The number of hydrogen-bond acceptors (Lipinski definition) is 1. The summed E-state index contributed by atoms with van der Waals surface area (Å²) in [5.41, 5.74) is 2.44. The second-order valence-electron chi connectivity index (χ2n) is 5.00. The highest BCUT2D eigenvalue weighted by molar-refractivity contribution is 5.99. The van der Waals surface area contributed by atoms with E-state index >= 15 is 0 Å². The Morgan fingerprint density at radius 1 is 0.500 bits per heavy atom. The van der Waals surface area contributed by atoms with Gasteiger partial charge in [0.05, 0.1) is 0 Å². The van der Waals surface area contributed by atoms with E-state index in [0.717, 1.165) is 0 Å². The average Bonchev–Trinajstić information content (AvgIpc) is 2.53. The molecular formula is C19H13N. The van der Waals surface area contributed by atoms with Crippen LogP contribution in [0.5, 0.6) is 0 Å². The zero-order chi connectivity index (χ0) is 13.4. The van der Waals surface area contributed by atoms with Gasteiger partial charge in [0.15, 0.2) is 0 Å². The van der Waals surface area contributed by atoms with Crippen molar-refractivity contribution in [2.24, 2.45) is 0 Å². The van der Waals surface area contributed by atoms with Crippen molar-refractivity contribution in [3.63, 3.8) is 0 Å². The van der Waals surface area contributed by atoms with Gasteiger partial charge < -0.3 is 0 Å². The van der Waals surface area contributed by atoms with Crippen LogP contribution in [-0.2, 0) is 0 Å². The van der Waals surface area contributed by atoms with E-state index in [4.69, 9.17) is 0 Å². The van der Waals surface area contributed by atoms with Crippen molar-refractivity contribution in [3.8, 4) is 11.1 Å². The van der Waals surface area contributed by atoms with Crippen LogP contribution in [-0.4, -0.2) is 4.98 Å². The fourth-order valence-electron chi connectivity index (χ4n) is 2.66. The van der Waals surface area contributed by atoms with Gasteiger partial charge >= 0.3 is 0 Å². The predicted octanol–water partition coefficient (Wildman–Crippen LogP) is 5.06. The molecule has 4 aromatic rings. The van der Waals surface area contributed by atoms with Gasteiger partial charge in [-0.05, 0) is 63.0 Å². The minimum absolute atomic E-state index is 1.20. The topological polar surface area (TPSA) is 12.9 Å². The second-order valence-corrected chi connectivity index (χ2v) is 5.00. The molecule has 3 aromatic carbocycles. The molecule has 0 N–H and O–H groups in total. The maximum Gasteiger partial charge on any atom is 0.0273 e. The van der Waals surface area contributed by atoms with Gasteiger partial charge in [-0.3, -0.25) is 4.98 Å². The quantitative estimate of drug-likeness (QED) is 0.433. The Balaban J connectivity index is 1.97. The number of fused-ring (bicyclic) bond motifs is 2. The highest BCUT2D eigenvalue weighted by Crippen LogP contribution is 2.27. The van der Waals surface area contributed by atoms with Gasteiger partial charge in [0, 0.05) is 12.4 Å². The van der Waals surface area contributed by atoms with Crippen molar-refractivity contribution in [2.75, 3.05) is 0 Å². The molecule has 1 aromatic heterocycles. The van der Waals surface area contributed by atoms with Crippen LogP contribution in [0.2, 0.25) is 0 Å². The van der Waals surface area contributed by atoms with Crippen molar-refractivity contribution in [1.29, 1.82) is 0 Å². The molecule has 0 atom stereocenters. The normalized spacial score (nSPS) is 11.0. The summed E-state index contributed by atoms with van der Waals surface area (Å²) >= 11 is 0. The van der Waals surface area contributed by atoms with Crippen LogP contribution < -0.4 is 0 Å². The molecule has 0 aliphatic heterocycles. The summed E-state index contributed by atoms with van der Waals surface area (Å²) in [5, 5.41) is 5.13. The van der Waals surface area contributed by atoms with Gasteiger partial charge in [-0.1, -0.05) is 36.4 Å². The molecule has 1 heteroatoms. The molecule has 0 saturated heterocycles. The van der Waals surface area contributed by atoms with Crippen molar-refractivity contribution in [2.45, 2.75) is 0 Å². The van der Waals surface area contributed by atoms with E-state index in [1.54, 1.807) is 0 Å². The molecule has 4 rings (SSSR count). The van der Waals surface area contributed by atoms with Crippen LogP contribution in [0.25, 0.3) is 32.7 Å². The molecule has 20 heavy (non-hydrogen) atoms. The molecule has 0 aliphatic carbocycles. The highest BCUT2D eigenvalue weighted by atomic mass is 14.6. The van der Waals surface area contributed by atoms with Gasteiger partial charge in [-0.2, -0.15) is 0 Å². The Hall–Kier alpha value is -2.67. The minimum Gasteiger partial charge on any atom is -0.265 e. The molecule has 0 amide bonds. The molecule has 0 radical (unpaired) electrons. The fraction of sp³-hybridized carbons (Fsp3) is 0. The van der Waals surface area contributed by atoms with Crippen LogP contribution in [0, 0.1) is 0 Å². The SMILES string of the molecule is c1ccc2cc3cc(-c4ccncc4)ccc3cc2c1. The summed E-state index contributed by atoms with van der Waals surface area (Å²) in [5.74, 6) is 0. The molecule has 94 valence electrons. The number of benzene rings is 3. The molecule has 0 spiro atoms. The molecule has 0 saturated carbocycles. The molecule has 1 heterocycles. The van der Waals surface area contributed by atoms with Crippen LogP contribution in [0.3, 0.4) is 0 Å². The monoisotopic (exact) mass is 255 g/mol. The lowest BCUT2D eigenvalue weighted by Crippen LogP contribution is -1.81. The first kappa shape index (κ1) is 11.2. The van der Waals surface area contributed by atoms with Gasteiger partial charge in [0.25, 0.3) is 0 Å². The zero-order valence-corrected chi connectivity index (χ0v) is 11.0. The van der Waals surface area contributed by atoms with E-state index in [1.807, 2.05) is 24.5 Å². The van der Waals surface area contributed by atoms with E-state index in [1.165, 1.54) is 32.7 Å². The van der Waals surface area contributed by atoms with Gasteiger partial charge in [-0.25, -0.2) is 0 Å². The lowest BCUT2D eigenvalue weighted by Gasteiger charge is -2.06. The third-order valence-electron chi connectivity index (χ3n) is 3.72. The van der Waals surface area contributed by atoms with Crippen molar-refractivity contribution >= 4 is 21.5 Å². The molecule has 0 bridgehead atoms. The Labute approximate surface area is 117 Å².